The van der Waals surface area contributed by atoms with Gasteiger partial charge in [-0.1, -0.05) is 17.7 Å². The summed E-state index contributed by atoms with van der Waals surface area (Å²) in [7, 11) is -4.03. The molecule has 0 aromatic heterocycles. The Kier molecular flexibility index (Phi) is 7.01. The fraction of sp³-hybridized carbons (Fsp3) is 0.250. The highest BCUT2D eigenvalue weighted by molar-refractivity contribution is 7.96. The van der Waals surface area contributed by atoms with Crippen LogP contribution in [0.3, 0.4) is 0 Å². The number of esters is 1. The van der Waals surface area contributed by atoms with E-state index in [1.807, 2.05) is 13.8 Å². The highest BCUT2D eigenvalue weighted by Crippen LogP contribution is 2.22. The fourth-order valence-corrected chi connectivity index (χ4v) is 3.50. The molecule has 0 amide bonds. The lowest BCUT2D eigenvalue weighted by molar-refractivity contribution is -0.137. The molecule has 7 heteroatoms. The van der Waals surface area contributed by atoms with Crippen molar-refractivity contribution in [3.63, 3.8) is 0 Å². The Balaban J connectivity index is 2.34. The molecule has 2 aromatic carbocycles. The minimum Gasteiger partial charge on any atom is -0.494 e. The second-order valence-corrected chi connectivity index (χ2v) is 7.57. The lowest BCUT2D eigenvalue weighted by Gasteiger charge is -2.10. The first-order valence-corrected chi connectivity index (χ1v) is 10.0. The maximum atomic E-state index is 12.9. The predicted molar refractivity (Wildman–Crippen MR) is 104 cm³/mol. The van der Waals surface area contributed by atoms with Gasteiger partial charge in [-0.05, 0) is 57.2 Å². The van der Waals surface area contributed by atoms with Crippen LogP contribution in [0.15, 0.2) is 64.5 Å². The normalized spacial score (nSPS) is 11.7. The van der Waals surface area contributed by atoms with E-state index in [0.717, 1.165) is 11.8 Å². The lowest BCUT2D eigenvalue weighted by atomic mass is 10.2. The molecule has 0 unspecified atom stereocenters. The van der Waals surface area contributed by atoms with Crippen molar-refractivity contribution in [1.29, 1.82) is 0 Å². The maximum Gasteiger partial charge on any atom is 0.351 e. The quantitative estimate of drug-likeness (QED) is 0.548. The molecule has 0 bridgehead atoms. The Morgan fingerprint density at radius 1 is 1.00 bits per heavy atom. The van der Waals surface area contributed by atoms with Gasteiger partial charge in [0.2, 0.25) is 9.84 Å². The van der Waals surface area contributed by atoms with Gasteiger partial charge in [0.25, 0.3) is 0 Å². The van der Waals surface area contributed by atoms with E-state index in [-0.39, 0.29) is 11.5 Å². The maximum absolute atomic E-state index is 12.9. The first-order chi connectivity index (χ1) is 12.9. The Bertz CT molecular complexity index is 900. The Morgan fingerprint density at radius 3 is 2.19 bits per heavy atom. The molecule has 0 saturated carbocycles. The van der Waals surface area contributed by atoms with Gasteiger partial charge < -0.3 is 14.8 Å². The predicted octanol–water partition coefficient (Wildman–Crippen LogP) is 3.68. The average Bonchev–Trinajstić information content (AvgIpc) is 2.64. The first-order valence-electron chi connectivity index (χ1n) is 8.57. The monoisotopic (exact) mass is 389 g/mol. The van der Waals surface area contributed by atoms with Crippen molar-refractivity contribution in [3.8, 4) is 5.75 Å². The summed E-state index contributed by atoms with van der Waals surface area (Å²) < 4.78 is 36.1. The summed E-state index contributed by atoms with van der Waals surface area (Å²) in [5.41, 5.74) is 1.53. The third-order valence-electron chi connectivity index (χ3n) is 3.63. The van der Waals surface area contributed by atoms with E-state index >= 15 is 0 Å². The number of carbonyl (C=O) groups is 1. The topological polar surface area (TPSA) is 81.7 Å². The van der Waals surface area contributed by atoms with E-state index in [1.165, 1.54) is 12.1 Å². The number of carbonyl (C=O) groups excluding carboxylic acids is 1. The zero-order valence-electron chi connectivity index (χ0n) is 15.6. The number of hydrogen-bond donors (Lipinski definition) is 1. The largest absolute Gasteiger partial charge is 0.494 e. The summed E-state index contributed by atoms with van der Waals surface area (Å²) in [4.78, 5) is 11.8. The van der Waals surface area contributed by atoms with E-state index in [9.17, 15) is 13.2 Å². The second-order valence-electron chi connectivity index (χ2n) is 5.65. The third kappa shape index (κ3) is 5.34. The van der Waals surface area contributed by atoms with Gasteiger partial charge in [0.15, 0.2) is 4.91 Å². The van der Waals surface area contributed by atoms with E-state index in [4.69, 9.17) is 9.47 Å². The molecule has 0 aliphatic rings. The summed E-state index contributed by atoms with van der Waals surface area (Å²) in [6.45, 7) is 5.98. The van der Waals surface area contributed by atoms with Gasteiger partial charge in [0, 0.05) is 11.9 Å². The van der Waals surface area contributed by atoms with Gasteiger partial charge in [-0.25, -0.2) is 13.2 Å². The summed E-state index contributed by atoms with van der Waals surface area (Å²) in [6, 6.07) is 13.2. The number of rotatable bonds is 8. The molecule has 0 aliphatic carbocycles. The summed E-state index contributed by atoms with van der Waals surface area (Å²) in [5, 5.41) is 2.84. The number of ether oxygens (including phenoxy) is 2. The SMILES string of the molecule is CCOC(=O)C(=CNc1ccc(OCC)cc1)S(=O)(=O)c1ccc(C)cc1. The fourth-order valence-electron chi connectivity index (χ4n) is 2.26. The molecule has 0 atom stereocenters. The number of aryl methyl sites for hydroxylation is 1. The van der Waals surface area contributed by atoms with Crippen LogP contribution >= 0.6 is 0 Å². The Hall–Kier alpha value is -2.80. The van der Waals surface area contributed by atoms with Gasteiger partial charge in [0.1, 0.15) is 5.75 Å². The summed E-state index contributed by atoms with van der Waals surface area (Å²) >= 11 is 0. The van der Waals surface area contributed by atoms with Gasteiger partial charge in [-0.3, -0.25) is 0 Å². The van der Waals surface area contributed by atoms with E-state index in [2.05, 4.69) is 5.32 Å². The zero-order valence-corrected chi connectivity index (χ0v) is 16.4. The molecule has 27 heavy (non-hydrogen) atoms. The third-order valence-corrected chi connectivity index (χ3v) is 5.39. The van der Waals surface area contributed by atoms with Crippen molar-refractivity contribution < 1.29 is 22.7 Å². The number of benzene rings is 2. The number of anilines is 1. The first kappa shape index (κ1) is 20.5. The van der Waals surface area contributed by atoms with Gasteiger partial charge in [0.05, 0.1) is 18.1 Å². The van der Waals surface area contributed by atoms with Crippen LogP contribution in [0, 0.1) is 6.92 Å². The van der Waals surface area contributed by atoms with Gasteiger partial charge >= 0.3 is 5.97 Å². The van der Waals surface area contributed by atoms with Gasteiger partial charge in [-0.15, -0.1) is 0 Å². The van der Waals surface area contributed by atoms with Crippen molar-refractivity contribution in [2.24, 2.45) is 0 Å². The van der Waals surface area contributed by atoms with Crippen LogP contribution in [0.25, 0.3) is 0 Å². The van der Waals surface area contributed by atoms with Crippen LogP contribution < -0.4 is 10.1 Å². The zero-order chi connectivity index (χ0) is 19.9. The molecule has 144 valence electrons. The van der Waals surface area contributed by atoms with Gasteiger partial charge in [-0.2, -0.15) is 0 Å². The number of nitrogens with one attached hydrogen (secondary N) is 1. The van der Waals surface area contributed by atoms with Crippen molar-refractivity contribution >= 4 is 21.5 Å². The summed E-state index contributed by atoms with van der Waals surface area (Å²) in [6.07, 6.45) is 1.16. The van der Waals surface area contributed by atoms with Crippen molar-refractivity contribution in [2.45, 2.75) is 25.7 Å². The molecule has 0 saturated heterocycles. The highest BCUT2D eigenvalue weighted by atomic mass is 32.2. The summed E-state index contributed by atoms with van der Waals surface area (Å²) in [5.74, 6) is -0.207. The molecule has 2 rings (SSSR count). The van der Waals surface area contributed by atoms with E-state index in [1.54, 1.807) is 43.3 Å². The molecule has 0 heterocycles. The van der Waals surface area contributed by atoms with Crippen LogP contribution in [-0.4, -0.2) is 27.6 Å². The van der Waals surface area contributed by atoms with Crippen LogP contribution in [0.2, 0.25) is 0 Å². The number of hydrogen-bond acceptors (Lipinski definition) is 6. The van der Waals surface area contributed by atoms with E-state index < -0.39 is 20.7 Å². The molecule has 0 spiro atoms. The lowest BCUT2D eigenvalue weighted by Crippen LogP contribution is -2.18. The molecule has 0 fully saturated rings. The van der Waals surface area contributed by atoms with Crippen LogP contribution in [0.5, 0.6) is 5.75 Å². The van der Waals surface area contributed by atoms with E-state index in [0.29, 0.717) is 18.0 Å². The smallest absolute Gasteiger partial charge is 0.351 e. The minimum atomic E-state index is -4.03. The van der Waals surface area contributed by atoms with Crippen molar-refractivity contribution in [2.75, 3.05) is 18.5 Å². The average molecular weight is 389 g/mol. The standard InChI is InChI=1S/C20H23NO5S/c1-4-25-17-10-8-16(9-11-17)21-14-19(20(22)26-5-2)27(23,24)18-12-6-15(3)7-13-18/h6-14,21H,4-5H2,1-3H3. The Labute approximate surface area is 159 Å². The highest BCUT2D eigenvalue weighted by Gasteiger charge is 2.28. The van der Waals surface area contributed by atoms with Crippen LogP contribution in [0.4, 0.5) is 5.69 Å². The molecule has 0 aliphatic heterocycles. The van der Waals surface area contributed by atoms with Crippen molar-refractivity contribution in [1.82, 2.24) is 0 Å². The van der Waals surface area contributed by atoms with Crippen LogP contribution in [-0.2, 0) is 19.4 Å². The Morgan fingerprint density at radius 2 is 1.63 bits per heavy atom. The molecular formula is C20H23NO5S. The molecule has 1 N–H and O–H groups in total. The van der Waals surface area contributed by atoms with Crippen LogP contribution in [0.1, 0.15) is 19.4 Å². The van der Waals surface area contributed by atoms with Crippen molar-refractivity contribution in [3.05, 3.63) is 65.2 Å². The number of sulfone groups is 1. The second kappa shape index (κ2) is 9.23. The minimum absolute atomic E-state index is 0.0286. The molecule has 0 radical (unpaired) electrons. The molecular weight excluding hydrogens is 366 g/mol. The molecule has 2 aromatic rings. The molecule has 6 nitrogen and oxygen atoms in total.